The third kappa shape index (κ3) is 15.3. The van der Waals surface area contributed by atoms with E-state index in [1.165, 1.54) is 57.9 Å². The summed E-state index contributed by atoms with van der Waals surface area (Å²) in [6, 6.07) is 0. The molecular formula is C34H58O9. The first-order valence-electron chi connectivity index (χ1n) is 15.7. The summed E-state index contributed by atoms with van der Waals surface area (Å²) in [5.74, 6) is -2.88. The first-order valence-corrected chi connectivity index (χ1v) is 15.7. The summed E-state index contributed by atoms with van der Waals surface area (Å²) in [4.78, 5) is 36.7. The van der Waals surface area contributed by atoms with Crippen LogP contribution in [0.4, 0.5) is 0 Å². The molecule has 6 atom stereocenters. The number of hydrogen-bond donors (Lipinski definition) is 5. The van der Waals surface area contributed by atoms with E-state index in [4.69, 9.17) is 9.84 Å². The number of carboxylic acids is 1. The largest absolute Gasteiger partial charge is 0.479 e. The van der Waals surface area contributed by atoms with Crippen LogP contribution in [0.1, 0.15) is 113 Å². The van der Waals surface area contributed by atoms with E-state index >= 15 is 0 Å². The number of aliphatic hydroxyl groups excluding tert-OH is 4. The number of ether oxygens (including phenoxy) is 1. The molecule has 0 unspecified atom stereocenters. The van der Waals surface area contributed by atoms with Crippen molar-refractivity contribution in [1.82, 2.24) is 0 Å². The molecule has 0 aromatic heterocycles. The Labute approximate surface area is 258 Å². The van der Waals surface area contributed by atoms with Gasteiger partial charge in [-0.1, -0.05) is 95.9 Å². The van der Waals surface area contributed by atoms with Crippen molar-refractivity contribution in [3.8, 4) is 0 Å². The lowest BCUT2D eigenvalue weighted by Crippen LogP contribution is -2.46. The fourth-order valence-corrected chi connectivity index (χ4v) is 5.23. The standard InChI is InChI=1S/C34H58O9/c1-9-10-11-12-13-14-15-16-17-23(3)28(36)24(4)18-22(2)19-25(5)31(39)34(7,8)20-26(6)33(42)43-27(21-35)29(37)30(38)32(40)41/h18-20,23-24,27-30,35-38H,9-17,21H2,1-8H3,(H,40,41)/b22-18+,25-19+,26-20+/t23-,24-,27+,28+,29+,30-/m0/s1. The fourth-order valence-electron chi connectivity index (χ4n) is 5.23. The van der Waals surface area contributed by atoms with E-state index in [0.29, 0.717) is 5.57 Å². The van der Waals surface area contributed by atoms with Crippen molar-refractivity contribution in [3.05, 3.63) is 34.9 Å². The molecule has 9 heteroatoms. The molecule has 5 N–H and O–H groups in total. The van der Waals surface area contributed by atoms with Crippen LogP contribution in [0, 0.1) is 17.3 Å². The van der Waals surface area contributed by atoms with Crippen LogP contribution >= 0.6 is 0 Å². The second-order valence-electron chi connectivity index (χ2n) is 12.6. The minimum Gasteiger partial charge on any atom is -0.479 e. The van der Waals surface area contributed by atoms with E-state index < -0.39 is 48.4 Å². The summed E-state index contributed by atoms with van der Waals surface area (Å²) in [6.07, 6.45) is 9.66. The highest BCUT2D eigenvalue weighted by molar-refractivity contribution is 6.01. The van der Waals surface area contributed by atoms with E-state index in [-0.39, 0.29) is 23.2 Å². The summed E-state index contributed by atoms with van der Waals surface area (Å²) >= 11 is 0. The van der Waals surface area contributed by atoms with Crippen LogP contribution in [0.5, 0.6) is 0 Å². The number of rotatable bonds is 22. The van der Waals surface area contributed by atoms with E-state index in [9.17, 15) is 34.8 Å². The Morgan fingerprint density at radius 2 is 1.37 bits per heavy atom. The number of carbonyl (C=O) groups excluding carboxylic acids is 2. The highest BCUT2D eigenvalue weighted by atomic mass is 16.6. The van der Waals surface area contributed by atoms with Crippen LogP contribution in [0.2, 0.25) is 0 Å². The average molecular weight is 611 g/mol. The Bertz CT molecular complexity index is 963. The summed E-state index contributed by atoms with van der Waals surface area (Å²) in [7, 11) is 0. The van der Waals surface area contributed by atoms with Crippen molar-refractivity contribution in [1.29, 1.82) is 0 Å². The van der Waals surface area contributed by atoms with Crippen LogP contribution in [0.3, 0.4) is 0 Å². The summed E-state index contributed by atoms with van der Waals surface area (Å²) in [5, 5.41) is 48.5. The predicted octanol–water partition coefficient (Wildman–Crippen LogP) is 5.30. The molecule has 0 saturated heterocycles. The normalized spacial score (nSPS) is 17.5. The highest BCUT2D eigenvalue weighted by Crippen LogP contribution is 2.27. The topological polar surface area (TPSA) is 162 Å². The molecule has 0 rings (SSSR count). The average Bonchev–Trinajstić information content (AvgIpc) is 2.94. The van der Waals surface area contributed by atoms with Crippen molar-refractivity contribution in [2.45, 2.75) is 138 Å². The molecule has 9 nitrogen and oxygen atoms in total. The molecule has 0 spiro atoms. The number of Topliss-reactive ketones (excluding diaryl/α,β-unsaturated/α-hetero) is 1. The maximum atomic E-state index is 13.3. The summed E-state index contributed by atoms with van der Waals surface area (Å²) in [6.45, 7) is 13.6. The molecule has 0 aromatic carbocycles. The van der Waals surface area contributed by atoms with E-state index in [1.807, 2.05) is 19.9 Å². The number of aliphatic hydroxyl groups is 4. The van der Waals surface area contributed by atoms with Gasteiger partial charge in [0.25, 0.3) is 0 Å². The van der Waals surface area contributed by atoms with Crippen LogP contribution in [0.25, 0.3) is 0 Å². The number of allylic oxidation sites excluding steroid dienone is 4. The molecule has 0 aliphatic rings. The first kappa shape index (κ1) is 40.7. The van der Waals surface area contributed by atoms with Crippen molar-refractivity contribution in [3.63, 3.8) is 0 Å². The van der Waals surface area contributed by atoms with Crippen molar-refractivity contribution in [2.24, 2.45) is 17.3 Å². The Balaban J connectivity index is 5.20. The highest BCUT2D eigenvalue weighted by Gasteiger charge is 2.34. The molecule has 43 heavy (non-hydrogen) atoms. The molecule has 0 amide bonds. The quantitative estimate of drug-likeness (QED) is 0.0474. The zero-order valence-electron chi connectivity index (χ0n) is 27.6. The Morgan fingerprint density at radius 3 is 1.88 bits per heavy atom. The minimum absolute atomic E-state index is 0.0103. The Hall–Kier alpha value is -2.33. The zero-order chi connectivity index (χ0) is 33.3. The van der Waals surface area contributed by atoms with Gasteiger partial charge in [0.2, 0.25) is 0 Å². The van der Waals surface area contributed by atoms with Gasteiger partial charge < -0.3 is 30.3 Å². The maximum Gasteiger partial charge on any atom is 0.335 e. The predicted molar refractivity (Wildman–Crippen MR) is 168 cm³/mol. The van der Waals surface area contributed by atoms with Gasteiger partial charge in [0.05, 0.1) is 12.7 Å². The third-order valence-corrected chi connectivity index (χ3v) is 7.84. The van der Waals surface area contributed by atoms with Gasteiger partial charge >= 0.3 is 11.9 Å². The molecule has 0 saturated carbocycles. The Morgan fingerprint density at radius 1 is 0.837 bits per heavy atom. The van der Waals surface area contributed by atoms with E-state index in [1.54, 1.807) is 26.8 Å². The summed E-state index contributed by atoms with van der Waals surface area (Å²) < 4.78 is 5.00. The van der Waals surface area contributed by atoms with Crippen molar-refractivity contribution in [2.75, 3.05) is 6.61 Å². The number of unbranched alkanes of at least 4 members (excludes halogenated alkanes) is 7. The van der Waals surface area contributed by atoms with E-state index in [0.717, 1.165) is 18.4 Å². The van der Waals surface area contributed by atoms with Crippen LogP contribution in [-0.4, -0.2) is 74.3 Å². The van der Waals surface area contributed by atoms with Crippen LogP contribution in [0.15, 0.2) is 34.9 Å². The van der Waals surface area contributed by atoms with Crippen molar-refractivity contribution < 1.29 is 44.7 Å². The second-order valence-corrected chi connectivity index (χ2v) is 12.6. The molecule has 248 valence electrons. The smallest absolute Gasteiger partial charge is 0.335 e. The monoisotopic (exact) mass is 610 g/mol. The summed E-state index contributed by atoms with van der Waals surface area (Å²) in [5.41, 5.74) is 0.187. The lowest BCUT2D eigenvalue weighted by molar-refractivity contribution is -0.171. The molecule has 0 bridgehead atoms. The van der Waals surface area contributed by atoms with Crippen LogP contribution in [-0.2, 0) is 19.1 Å². The number of aliphatic carboxylic acids is 1. The number of hydrogen-bond acceptors (Lipinski definition) is 8. The number of ketones is 1. The van der Waals surface area contributed by atoms with Gasteiger partial charge in [-0.2, -0.15) is 0 Å². The van der Waals surface area contributed by atoms with Gasteiger partial charge in [-0.3, -0.25) is 4.79 Å². The molecule has 0 aliphatic carbocycles. The van der Waals surface area contributed by atoms with Gasteiger partial charge in [-0.05, 0) is 52.5 Å². The fraction of sp³-hybridized carbons (Fsp3) is 0.735. The zero-order valence-corrected chi connectivity index (χ0v) is 27.6. The van der Waals surface area contributed by atoms with Gasteiger partial charge in [-0.15, -0.1) is 0 Å². The molecule has 0 aromatic rings. The number of carbonyl (C=O) groups is 3. The van der Waals surface area contributed by atoms with Crippen molar-refractivity contribution >= 4 is 17.7 Å². The lowest BCUT2D eigenvalue weighted by Gasteiger charge is -2.24. The van der Waals surface area contributed by atoms with Gasteiger partial charge in [-0.25, -0.2) is 9.59 Å². The first-order chi connectivity index (χ1) is 20.0. The third-order valence-electron chi connectivity index (χ3n) is 7.84. The van der Waals surface area contributed by atoms with E-state index in [2.05, 4.69) is 13.8 Å². The van der Waals surface area contributed by atoms with Gasteiger partial charge in [0.15, 0.2) is 18.0 Å². The molecule has 0 radical (unpaired) electrons. The molecule has 0 heterocycles. The SMILES string of the molecule is CCCCCCCCCC[C@H](C)[C@@H](O)[C@@H](C)/C=C(C)/C=C(\C)C(=O)C(C)(C)/C=C(\C)C(=O)O[C@H](CO)[C@@H](O)[C@H](O)C(=O)O. The molecular weight excluding hydrogens is 552 g/mol. The van der Waals surface area contributed by atoms with Crippen LogP contribution < -0.4 is 0 Å². The number of esters is 1. The maximum absolute atomic E-state index is 13.3. The van der Waals surface area contributed by atoms with Gasteiger partial charge in [0.1, 0.15) is 6.10 Å². The Kier molecular flexibility index (Phi) is 19.5. The second kappa shape index (κ2) is 20.6. The number of carboxylic acid groups (broad SMARTS) is 1. The van der Waals surface area contributed by atoms with Gasteiger partial charge in [0, 0.05) is 16.9 Å². The molecule has 0 aliphatic heterocycles. The lowest BCUT2D eigenvalue weighted by atomic mass is 9.82. The minimum atomic E-state index is -2.25. The molecule has 0 fully saturated rings.